The summed E-state index contributed by atoms with van der Waals surface area (Å²) in [6.45, 7) is 4.07. The van der Waals surface area contributed by atoms with Gasteiger partial charge in [0.15, 0.2) is 0 Å². The molecule has 2 aromatic carbocycles. The highest BCUT2D eigenvalue weighted by atomic mass is 32.3. The van der Waals surface area contributed by atoms with Crippen LogP contribution in [0.3, 0.4) is 0 Å². The molecule has 21 heavy (non-hydrogen) atoms. The van der Waals surface area contributed by atoms with Crippen molar-refractivity contribution in [1.29, 1.82) is 0 Å². The van der Waals surface area contributed by atoms with Crippen molar-refractivity contribution in [3.05, 3.63) is 59.7 Å². The van der Waals surface area contributed by atoms with Crippen molar-refractivity contribution in [1.82, 2.24) is 0 Å². The molecule has 0 fully saturated rings. The second kappa shape index (κ2) is 8.96. The van der Waals surface area contributed by atoms with Gasteiger partial charge in [-0.1, -0.05) is 42.0 Å². The van der Waals surface area contributed by atoms with Crippen molar-refractivity contribution >= 4 is 21.8 Å². The van der Waals surface area contributed by atoms with E-state index in [0.29, 0.717) is 11.4 Å². The van der Waals surface area contributed by atoms with E-state index in [1.165, 1.54) is 5.56 Å². The smallest absolute Gasteiger partial charge is 0.394 e. The van der Waals surface area contributed by atoms with Gasteiger partial charge in [-0.05, 0) is 31.5 Å². The van der Waals surface area contributed by atoms with Crippen LogP contribution < -0.4 is 11.5 Å². The molecule has 0 radical (unpaired) electrons. The maximum absolute atomic E-state index is 8.74. The number of hydrogen-bond donors (Lipinski definition) is 4. The normalized spacial score (nSPS) is 9.71. The summed E-state index contributed by atoms with van der Waals surface area (Å²) in [5.74, 6) is 0. The van der Waals surface area contributed by atoms with Gasteiger partial charge in [0.25, 0.3) is 0 Å². The molecular weight excluding hydrogens is 292 g/mol. The lowest BCUT2D eigenvalue weighted by Gasteiger charge is -1.98. The van der Waals surface area contributed by atoms with Crippen molar-refractivity contribution in [2.75, 3.05) is 11.5 Å². The molecule has 0 bridgehead atoms. The molecule has 0 atom stereocenters. The lowest BCUT2D eigenvalue weighted by Crippen LogP contribution is -1.93. The Kier molecular flexibility index (Phi) is 8.07. The molecule has 0 amide bonds. The van der Waals surface area contributed by atoms with E-state index in [2.05, 4.69) is 19.1 Å². The van der Waals surface area contributed by atoms with Gasteiger partial charge in [0.1, 0.15) is 0 Å². The highest BCUT2D eigenvalue weighted by Crippen LogP contribution is 2.14. The number of anilines is 2. The molecule has 2 rings (SSSR count). The Morgan fingerprint density at radius 1 is 0.810 bits per heavy atom. The van der Waals surface area contributed by atoms with E-state index in [9.17, 15) is 0 Å². The monoisotopic (exact) mass is 312 g/mol. The van der Waals surface area contributed by atoms with Crippen molar-refractivity contribution < 1.29 is 17.5 Å². The second-order valence-electron chi connectivity index (χ2n) is 4.23. The summed E-state index contributed by atoms with van der Waals surface area (Å²) in [4.78, 5) is 0. The van der Waals surface area contributed by atoms with E-state index < -0.39 is 10.4 Å². The summed E-state index contributed by atoms with van der Waals surface area (Å²) in [7, 11) is -4.67. The minimum absolute atomic E-state index is 0.653. The highest BCUT2D eigenvalue weighted by molar-refractivity contribution is 7.79. The highest BCUT2D eigenvalue weighted by Gasteiger charge is 1.90. The summed E-state index contributed by atoms with van der Waals surface area (Å²) in [5.41, 5.74) is 14.7. The van der Waals surface area contributed by atoms with Crippen molar-refractivity contribution in [3.63, 3.8) is 0 Å². The maximum atomic E-state index is 8.74. The molecule has 2 aromatic rings. The average molecular weight is 312 g/mol. The minimum atomic E-state index is -4.67. The maximum Gasteiger partial charge on any atom is 0.394 e. The summed E-state index contributed by atoms with van der Waals surface area (Å²) in [6, 6.07) is 15.9. The zero-order valence-corrected chi connectivity index (χ0v) is 12.7. The first kappa shape index (κ1) is 18.9. The topological polar surface area (TPSA) is 127 Å². The predicted molar refractivity (Wildman–Crippen MR) is 85.4 cm³/mol. The number of rotatable bonds is 0. The molecule has 0 unspecified atom stereocenters. The van der Waals surface area contributed by atoms with E-state index in [4.69, 9.17) is 29.0 Å². The van der Waals surface area contributed by atoms with E-state index in [1.807, 2.05) is 43.3 Å². The van der Waals surface area contributed by atoms with Crippen molar-refractivity contribution in [3.8, 4) is 0 Å². The number of hydrogen-bond acceptors (Lipinski definition) is 4. The van der Waals surface area contributed by atoms with Crippen LogP contribution in [0.4, 0.5) is 11.4 Å². The summed E-state index contributed by atoms with van der Waals surface area (Å²) in [6.07, 6.45) is 0. The van der Waals surface area contributed by atoms with Crippen LogP contribution >= 0.6 is 0 Å². The van der Waals surface area contributed by atoms with E-state index in [0.717, 1.165) is 5.56 Å². The molecule has 0 aliphatic rings. The first-order chi connectivity index (χ1) is 9.59. The molecule has 6 N–H and O–H groups in total. The average Bonchev–Trinajstić information content (AvgIpc) is 2.34. The Morgan fingerprint density at radius 2 is 1.29 bits per heavy atom. The van der Waals surface area contributed by atoms with Crippen molar-refractivity contribution in [2.24, 2.45) is 0 Å². The van der Waals surface area contributed by atoms with Gasteiger partial charge in [-0.2, -0.15) is 8.42 Å². The fourth-order valence-corrected chi connectivity index (χ4v) is 1.23. The summed E-state index contributed by atoms with van der Waals surface area (Å²) >= 11 is 0. The lowest BCUT2D eigenvalue weighted by molar-refractivity contribution is 0.381. The number of nitrogen functional groups attached to an aromatic ring is 2. The zero-order valence-electron chi connectivity index (χ0n) is 11.9. The molecule has 0 aliphatic heterocycles. The summed E-state index contributed by atoms with van der Waals surface area (Å²) in [5, 5.41) is 0. The van der Waals surface area contributed by atoms with E-state index >= 15 is 0 Å². The van der Waals surface area contributed by atoms with Gasteiger partial charge in [-0.15, -0.1) is 0 Å². The summed E-state index contributed by atoms with van der Waals surface area (Å²) < 4.78 is 31.6. The molecule has 7 heteroatoms. The Hall–Kier alpha value is -2.09. The van der Waals surface area contributed by atoms with Crippen LogP contribution in [-0.2, 0) is 10.4 Å². The van der Waals surface area contributed by atoms with Crippen LogP contribution in [0, 0.1) is 13.8 Å². The quantitative estimate of drug-likeness (QED) is 0.437. The van der Waals surface area contributed by atoms with Crippen LogP contribution in [0.25, 0.3) is 0 Å². The van der Waals surface area contributed by atoms with E-state index in [1.54, 1.807) is 0 Å². The molecule has 0 spiro atoms. The van der Waals surface area contributed by atoms with Gasteiger partial charge in [-0.3, -0.25) is 9.11 Å². The largest absolute Gasteiger partial charge is 0.397 e. The second-order valence-corrected chi connectivity index (χ2v) is 5.13. The standard InChI is InChI=1S/C7H10N2.C7H8.H2O4S/c1-5-2-3-6(8)7(9)4-5;1-7-5-3-2-4-6-7;1-5(2,3)4/h2-4H,8-9H2,1H3;2-6H,1H3;(H2,1,2,3,4). The van der Waals surface area contributed by atoms with Crippen LogP contribution in [-0.4, -0.2) is 17.5 Å². The third-order valence-corrected chi connectivity index (χ3v) is 2.18. The van der Waals surface area contributed by atoms with Crippen molar-refractivity contribution in [2.45, 2.75) is 13.8 Å². The van der Waals surface area contributed by atoms with E-state index in [-0.39, 0.29) is 0 Å². The first-order valence-electron chi connectivity index (χ1n) is 5.92. The first-order valence-corrected chi connectivity index (χ1v) is 7.32. The lowest BCUT2D eigenvalue weighted by atomic mass is 10.2. The molecule has 0 saturated carbocycles. The third kappa shape index (κ3) is 12.7. The number of aryl methyl sites for hydroxylation is 2. The van der Waals surface area contributed by atoms with Crippen LogP contribution in [0.1, 0.15) is 11.1 Å². The predicted octanol–water partition coefficient (Wildman–Crippen LogP) is 2.50. The fraction of sp³-hybridized carbons (Fsp3) is 0.143. The van der Waals surface area contributed by atoms with Gasteiger partial charge in [0, 0.05) is 0 Å². The molecule has 6 nitrogen and oxygen atoms in total. The molecule has 116 valence electrons. The Bertz CT molecular complexity index is 635. The Labute approximate surface area is 125 Å². The molecule has 0 saturated heterocycles. The number of nitrogens with two attached hydrogens (primary N) is 2. The molecule has 0 aliphatic carbocycles. The van der Waals surface area contributed by atoms with Crippen LogP contribution in [0.2, 0.25) is 0 Å². The molecule has 0 heterocycles. The van der Waals surface area contributed by atoms with Gasteiger partial charge < -0.3 is 11.5 Å². The molecule has 0 aromatic heterocycles. The van der Waals surface area contributed by atoms with Gasteiger partial charge in [0.05, 0.1) is 11.4 Å². The SMILES string of the molecule is Cc1ccc(N)c(N)c1.Cc1ccccc1.O=S(=O)(O)O. The van der Waals surface area contributed by atoms with Crippen LogP contribution in [0.15, 0.2) is 48.5 Å². The zero-order chi connectivity index (χ0) is 16.5. The van der Waals surface area contributed by atoms with Gasteiger partial charge in [-0.25, -0.2) is 0 Å². The minimum Gasteiger partial charge on any atom is -0.397 e. The Balaban J connectivity index is 0.000000300. The van der Waals surface area contributed by atoms with Crippen LogP contribution in [0.5, 0.6) is 0 Å². The van der Waals surface area contributed by atoms with Gasteiger partial charge >= 0.3 is 10.4 Å². The van der Waals surface area contributed by atoms with Gasteiger partial charge in [0.2, 0.25) is 0 Å². The molecular formula is C14H20N2O4S. The fourth-order valence-electron chi connectivity index (χ4n) is 1.23. The Morgan fingerprint density at radius 3 is 1.57 bits per heavy atom. The third-order valence-electron chi connectivity index (χ3n) is 2.18. The number of benzene rings is 2.